The topological polar surface area (TPSA) is 94.9 Å². The standard InChI is InChI=1S/C7H5N3O2S.C3H3NS/c8-7-9-5-2-1-4(10(11)12)3-6(5)13-7;1-2-5-3-4-1/h1-3H,(H2,8,9);1-3H. The van der Waals surface area contributed by atoms with E-state index in [-0.39, 0.29) is 5.69 Å². The second-order valence-corrected chi connectivity index (χ2v) is 4.95. The molecule has 1 aromatic carbocycles. The number of nitro benzene ring substituents is 1. The predicted molar refractivity (Wildman–Crippen MR) is 72.8 cm³/mol. The molecule has 0 saturated heterocycles. The Balaban J connectivity index is 0.000000202. The normalized spacial score (nSPS) is 9.78. The predicted octanol–water partition coefficient (Wildman–Crippen LogP) is 2.93. The summed E-state index contributed by atoms with van der Waals surface area (Å²) in [5.74, 6) is 0. The first-order chi connectivity index (χ1) is 8.66. The zero-order chi connectivity index (χ0) is 13.0. The molecule has 0 aliphatic rings. The number of nitrogens with zero attached hydrogens (tertiary/aromatic N) is 3. The van der Waals surface area contributed by atoms with Crippen molar-refractivity contribution < 1.29 is 4.92 Å². The zero-order valence-electron chi connectivity index (χ0n) is 9.02. The Hall–Kier alpha value is -2.06. The van der Waals surface area contributed by atoms with Gasteiger partial charge in [0.25, 0.3) is 5.69 Å². The highest BCUT2D eigenvalue weighted by molar-refractivity contribution is 7.22. The Morgan fingerprint density at radius 2 is 2.22 bits per heavy atom. The van der Waals surface area contributed by atoms with E-state index in [0.717, 1.165) is 4.70 Å². The van der Waals surface area contributed by atoms with Crippen LogP contribution < -0.4 is 5.73 Å². The quantitative estimate of drug-likeness (QED) is 0.546. The summed E-state index contributed by atoms with van der Waals surface area (Å²) >= 11 is 2.85. The van der Waals surface area contributed by atoms with E-state index >= 15 is 0 Å². The fraction of sp³-hybridized carbons (Fsp3) is 0. The molecule has 92 valence electrons. The average Bonchev–Trinajstić information content (AvgIpc) is 2.98. The summed E-state index contributed by atoms with van der Waals surface area (Å²) in [5.41, 5.74) is 8.01. The van der Waals surface area contributed by atoms with Gasteiger partial charge in [-0.3, -0.25) is 15.1 Å². The SMILES string of the molecule is Nc1nc2ccc([N+](=O)[O-])cc2s1.c1cscn1. The van der Waals surface area contributed by atoms with E-state index in [0.29, 0.717) is 10.6 Å². The largest absolute Gasteiger partial charge is 0.375 e. The van der Waals surface area contributed by atoms with E-state index in [2.05, 4.69) is 9.97 Å². The summed E-state index contributed by atoms with van der Waals surface area (Å²) in [6, 6.07) is 4.49. The summed E-state index contributed by atoms with van der Waals surface area (Å²) in [7, 11) is 0. The van der Waals surface area contributed by atoms with Crippen molar-refractivity contribution in [2.45, 2.75) is 0 Å². The van der Waals surface area contributed by atoms with Crippen molar-refractivity contribution in [3.05, 3.63) is 45.4 Å². The molecule has 6 nitrogen and oxygen atoms in total. The third-order valence-corrected chi connectivity index (χ3v) is 3.32. The third kappa shape index (κ3) is 2.99. The van der Waals surface area contributed by atoms with Crippen molar-refractivity contribution in [2.75, 3.05) is 5.73 Å². The van der Waals surface area contributed by atoms with Gasteiger partial charge in [-0.15, -0.1) is 11.3 Å². The maximum absolute atomic E-state index is 10.4. The fourth-order valence-corrected chi connectivity index (χ4v) is 2.34. The molecule has 0 aliphatic heterocycles. The van der Waals surface area contributed by atoms with E-state index in [1.54, 1.807) is 29.1 Å². The number of fused-ring (bicyclic) bond motifs is 1. The van der Waals surface area contributed by atoms with E-state index in [1.807, 2.05) is 5.38 Å². The van der Waals surface area contributed by atoms with Crippen LogP contribution in [0.1, 0.15) is 0 Å². The third-order valence-electron chi connectivity index (χ3n) is 1.95. The fourth-order valence-electron chi connectivity index (χ4n) is 1.22. The number of nitrogens with two attached hydrogens (primary N) is 1. The van der Waals surface area contributed by atoms with Gasteiger partial charge < -0.3 is 5.73 Å². The van der Waals surface area contributed by atoms with Crippen molar-refractivity contribution in [1.29, 1.82) is 0 Å². The Labute approximate surface area is 110 Å². The van der Waals surface area contributed by atoms with Gasteiger partial charge in [0.15, 0.2) is 5.13 Å². The second-order valence-electron chi connectivity index (χ2n) is 3.14. The van der Waals surface area contributed by atoms with E-state index in [9.17, 15) is 10.1 Å². The van der Waals surface area contributed by atoms with Gasteiger partial charge >= 0.3 is 0 Å². The molecular formula is C10H8N4O2S2. The first-order valence-electron chi connectivity index (χ1n) is 4.79. The first kappa shape index (κ1) is 12.4. The molecule has 18 heavy (non-hydrogen) atoms. The molecule has 0 spiro atoms. The highest BCUT2D eigenvalue weighted by atomic mass is 32.1. The second kappa shape index (κ2) is 5.52. The van der Waals surface area contributed by atoms with Crippen molar-refractivity contribution >= 4 is 43.7 Å². The average molecular weight is 280 g/mol. The maximum atomic E-state index is 10.4. The molecular weight excluding hydrogens is 272 g/mol. The van der Waals surface area contributed by atoms with E-state index < -0.39 is 4.92 Å². The van der Waals surface area contributed by atoms with Crippen molar-refractivity contribution in [2.24, 2.45) is 0 Å². The van der Waals surface area contributed by atoms with Crippen LogP contribution in [-0.4, -0.2) is 14.9 Å². The highest BCUT2D eigenvalue weighted by Crippen LogP contribution is 2.27. The number of nitro groups is 1. The molecule has 0 atom stereocenters. The molecule has 3 rings (SSSR count). The van der Waals surface area contributed by atoms with Crippen LogP contribution in [0.3, 0.4) is 0 Å². The monoisotopic (exact) mass is 280 g/mol. The van der Waals surface area contributed by atoms with Crippen LogP contribution in [0.25, 0.3) is 10.2 Å². The minimum absolute atomic E-state index is 0.0659. The summed E-state index contributed by atoms with van der Waals surface area (Å²) < 4.78 is 0.742. The van der Waals surface area contributed by atoms with Crippen LogP contribution in [0.2, 0.25) is 0 Å². The Morgan fingerprint density at radius 1 is 1.39 bits per heavy atom. The van der Waals surface area contributed by atoms with Gasteiger partial charge in [0.2, 0.25) is 0 Å². The molecule has 3 aromatic rings. The Morgan fingerprint density at radius 3 is 2.78 bits per heavy atom. The number of nitrogen functional groups attached to an aromatic ring is 1. The molecule has 2 N–H and O–H groups in total. The molecule has 0 unspecified atom stereocenters. The molecule has 2 aromatic heterocycles. The smallest absolute Gasteiger partial charge is 0.270 e. The zero-order valence-corrected chi connectivity index (χ0v) is 10.6. The van der Waals surface area contributed by atoms with Crippen LogP contribution in [0.15, 0.2) is 35.3 Å². The number of rotatable bonds is 1. The highest BCUT2D eigenvalue weighted by Gasteiger charge is 2.08. The Bertz CT molecular complexity index is 634. The van der Waals surface area contributed by atoms with Gasteiger partial charge in [0.1, 0.15) is 0 Å². The minimum atomic E-state index is -0.435. The van der Waals surface area contributed by atoms with Gasteiger partial charge in [-0.05, 0) is 6.07 Å². The number of thiazole rings is 2. The molecule has 0 bridgehead atoms. The molecule has 2 heterocycles. The summed E-state index contributed by atoms with van der Waals surface area (Å²) in [4.78, 5) is 17.7. The lowest BCUT2D eigenvalue weighted by atomic mass is 10.3. The maximum Gasteiger partial charge on any atom is 0.270 e. The van der Waals surface area contributed by atoms with Crippen molar-refractivity contribution in [3.63, 3.8) is 0 Å². The van der Waals surface area contributed by atoms with Crippen molar-refractivity contribution in [1.82, 2.24) is 9.97 Å². The summed E-state index contributed by atoms with van der Waals surface area (Å²) in [6.07, 6.45) is 1.77. The van der Waals surface area contributed by atoms with Gasteiger partial charge in [-0.1, -0.05) is 11.3 Å². The lowest BCUT2D eigenvalue weighted by Crippen LogP contribution is -1.85. The van der Waals surface area contributed by atoms with Crippen LogP contribution in [0.5, 0.6) is 0 Å². The number of benzene rings is 1. The van der Waals surface area contributed by atoms with Crippen LogP contribution in [0.4, 0.5) is 10.8 Å². The summed E-state index contributed by atoms with van der Waals surface area (Å²) in [6.45, 7) is 0. The van der Waals surface area contributed by atoms with E-state index in [1.165, 1.54) is 23.5 Å². The van der Waals surface area contributed by atoms with E-state index in [4.69, 9.17) is 5.73 Å². The summed E-state index contributed by atoms with van der Waals surface area (Å²) in [5, 5.41) is 12.8. The van der Waals surface area contributed by atoms with Gasteiger partial charge in [-0.25, -0.2) is 4.98 Å². The van der Waals surface area contributed by atoms with Crippen LogP contribution in [-0.2, 0) is 0 Å². The van der Waals surface area contributed by atoms with Gasteiger partial charge in [0.05, 0.1) is 20.7 Å². The molecule has 0 radical (unpaired) electrons. The molecule has 0 aliphatic carbocycles. The lowest BCUT2D eigenvalue weighted by molar-refractivity contribution is -0.384. The number of hydrogen-bond acceptors (Lipinski definition) is 7. The number of anilines is 1. The molecule has 0 amide bonds. The number of hydrogen-bond donors (Lipinski definition) is 1. The minimum Gasteiger partial charge on any atom is -0.375 e. The molecule has 0 saturated carbocycles. The number of aromatic nitrogens is 2. The molecule has 8 heteroatoms. The van der Waals surface area contributed by atoms with Gasteiger partial charge in [-0.2, -0.15) is 0 Å². The van der Waals surface area contributed by atoms with Crippen LogP contribution in [0, 0.1) is 10.1 Å². The number of non-ortho nitro benzene ring substituents is 1. The van der Waals surface area contributed by atoms with Crippen molar-refractivity contribution in [3.8, 4) is 0 Å². The Kier molecular flexibility index (Phi) is 3.80. The van der Waals surface area contributed by atoms with Crippen LogP contribution >= 0.6 is 22.7 Å². The molecule has 0 fully saturated rings. The van der Waals surface area contributed by atoms with Gasteiger partial charge in [0, 0.05) is 23.7 Å². The first-order valence-corrected chi connectivity index (χ1v) is 6.55. The lowest BCUT2D eigenvalue weighted by Gasteiger charge is -1.88.